The highest BCUT2D eigenvalue weighted by atomic mass is 16.4. The van der Waals surface area contributed by atoms with Crippen LogP contribution >= 0.6 is 0 Å². The van der Waals surface area contributed by atoms with E-state index in [2.05, 4.69) is 54.1 Å². The van der Waals surface area contributed by atoms with Gasteiger partial charge in [0.15, 0.2) is 5.69 Å². The number of carbonyl (C=O) groups is 1. The lowest BCUT2D eigenvalue weighted by atomic mass is 10.1. The number of nitrogens with zero attached hydrogens (tertiary/aromatic N) is 2. The molecule has 1 unspecified atom stereocenters. The summed E-state index contributed by atoms with van der Waals surface area (Å²) >= 11 is 0. The first-order valence-electron chi connectivity index (χ1n) is 8.55. The van der Waals surface area contributed by atoms with Gasteiger partial charge in [-0.3, -0.25) is 4.90 Å². The molecule has 0 bridgehead atoms. The van der Waals surface area contributed by atoms with Gasteiger partial charge in [-0.25, -0.2) is 9.78 Å². The van der Waals surface area contributed by atoms with Gasteiger partial charge in [0.1, 0.15) is 6.26 Å². The van der Waals surface area contributed by atoms with E-state index in [1.807, 2.05) is 24.3 Å². The maximum atomic E-state index is 11.0. The van der Waals surface area contributed by atoms with Crippen molar-refractivity contribution in [1.82, 2.24) is 9.88 Å². The Balaban J connectivity index is 1.85. The minimum absolute atomic E-state index is 0.0668. The Hall–Kier alpha value is -2.92. The Kier molecular flexibility index (Phi) is 5.49. The van der Waals surface area contributed by atoms with Gasteiger partial charge in [0.25, 0.3) is 0 Å². The van der Waals surface area contributed by atoms with E-state index in [1.165, 1.54) is 23.0 Å². The van der Waals surface area contributed by atoms with Gasteiger partial charge in [0, 0.05) is 12.6 Å². The molecule has 1 aromatic heterocycles. The minimum atomic E-state index is -1.08. The molecule has 0 saturated heterocycles. The van der Waals surface area contributed by atoms with E-state index in [9.17, 15) is 4.79 Å². The third-order valence-corrected chi connectivity index (χ3v) is 4.41. The number of aromatic nitrogens is 1. The molecule has 5 nitrogen and oxygen atoms in total. The van der Waals surface area contributed by atoms with Crippen molar-refractivity contribution in [2.75, 3.05) is 0 Å². The predicted molar refractivity (Wildman–Crippen MR) is 98.7 cm³/mol. The lowest BCUT2D eigenvalue weighted by Gasteiger charge is -2.28. The second-order valence-electron chi connectivity index (χ2n) is 6.41. The first kappa shape index (κ1) is 17.9. The second-order valence-corrected chi connectivity index (χ2v) is 6.41. The van der Waals surface area contributed by atoms with Crippen LogP contribution in [0.5, 0.6) is 0 Å². The fourth-order valence-corrected chi connectivity index (χ4v) is 2.97. The van der Waals surface area contributed by atoms with Crippen molar-refractivity contribution in [3.8, 4) is 0 Å². The van der Waals surface area contributed by atoms with E-state index < -0.39 is 5.97 Å². The smallest absolute Gasteiger partial charge is 0.357 e. The summed E-state index contributed by atoms with van der Waals surface area (Å²) in [5.74, 6) is -0.681. The zero-order valence-corrected chi connectivity index (χ0v) is 14.9. The highest BCUT2D eigenvalue weighted by molar-refractivity contribution is 5.84. The molecule has 0 aliphatic carbocycles. The van der Waals surface area contributed by atoms with Gasteiger partial charge in [-0.15, -0.1) is 0 Å². The molecule has 2 aromatic carbocycles. The normalized spacial score (nSPS) is 12.3. The first-order valence-corrected chi connectivity index (χ1v) is 8.55. The van der Waals surface area contributed by atoms with Crippen LogP contribution in [0.2, 0.25) is 0 Å². The van der Waals surface area contributed by atoms with Crippen LogP contribution in [0.25, 0.3) is 0 Å². The summed E-state index contributed by atoms with van der Waals surface area (Å²) in [6.07, 6.45) is 1.19. The molecule has 0 spiro atoms. The van der Waals surface area contributed by atoms with Crippen molar-refractivity contribution < 1.29 is 14.3 Å². The summed E-state index contributed by atoms with van der Waals surface area (Å²) in [4.78, 5) is 17.3. The van der Waals surface area contributed by atoms with E-state index in [1.54, 1.807) is 0 Å². The van der Waals surface area contributed by atoms with E-state index in [4.69, 9.17) is 9.52 Å². The summed E-state index contributed by atoms with van der Waals surface area (Å²) in [6.45, 7) is 5.34. The number of carboxylic acids is 1. The van der Waals surface area contributed by atoms with Crippen molar-refractivity contribution in [2.24, 2.45) is 0 Å². The average Bonchev–Trinajstić information content (AvgIpc) is 3.10. The SMILES string of the molecule is Cc1cccc(CN(Cc2nc(C(=O)O)co2)C(C)c2ccccc2)c1. The number of benzene rings is 2. The summed E-state index contributed by atoms with van der Waals surface area (Å²) < 4.78 is 5.37. The zero-order valence-electron chi connectivity index (χ0n) is 14.9. The molecule has 26 heavy (non-hydrogen) atoms. The molecule has 134 valence electrons. The van der Waals surface area contributed by atoms with Gasteiger partial charge in [-0.2, -0.15) is 0 Å². The molecule has 1 atom stereocenters. The third kappa shape index (κ3) is 4.37. The van der Waals surface area contributed by atoms with Gasteiger partial charge < -0.3 is 9.52 Å². The number of carboxylic acid groups (broad SMARTS) is 1. The molecule has 0 saturated carbocycles. The lowest BCUT2D eigenvalue weighted by Crippen LogP contribution is -2.26. The maximum Gasteiger partial charge on any atom is 0.357 e. The van der Waals surface area contributed by atoms with Crippen molar-refractivity contribution in [3.05, 3.63) is 89.1 Å². The molecule has 5 heteroatoms. The van der Waals surface area contributed by atoms with Crippen LogP contribution < -0.4 is 0 Å². The number of oxazole rings is 1. The van der Waals surface area contributed by atoms with Crippen LogP contribution in [-0.2, 0) is 13.1 Å². The zero-order chi connectivity index (χ0) is 18.5. The monoisotopic (exact) mass is 350 g/mol. The number of rotatable bonds is 7. The van der Waals surface area contributed by atoms with Gasteiger partial charge in [-0.05, 0) is 25.0 Å². The average molecular weight is 350 g/mol. The first-order chi connectivity index (χ1) is 12.5. The summed E-state index contributed by atoms with van der Waals surface area (Å²) in [7, 11) is 0. The Morgan fingerprint density at radius 1 is 1.15 bits per heavy atom. The van der Waals surface area contributed by atoms with Gasteiger partial charge in [0.2, 0.25) is 5.89 Å². The van der Waals surface area contributed by atoms with Gasteiger partial charge in [-0.1, -0.05) is 60.2 Å². The third-order valence-electron chi connectivity index (χ3n) is 4.41. The number of hydrogen-bond acceptors (Lipinski definition) is 4. The Labute approximate surface area is 152 Å². The highest BCUT2D eigenvalue weighted by Crippen LogP contribution is 2.24. The van der Waals surface area contributed by atoms with Crippen LogP contribution in [0.1, 0.15) is 46.0 Å². The van der Waals surface area contributed by atoms with Crippen molar-refractivity contribution >= 4 is 5.97 Å². The van der Waals surface area contributed by atoms with Crippen molar-refractivity contribution in [2.45, 2.75) is 33.0 Å². The van der Waals surface area contributed by atoms with E-state index in [-0.39, 0.29) is 11.7 Å². The predicted octanol–water partition coefficient (Wildman–Crippen LogP) is 4.44. The molecule has 0 aliphatic rings. The second kappa shape index (κ2) is 7.97. The van der Waals surface area contributed by atoms with Crippen molar-refractivity contribution in [3.63, 3.8) is 0 Å². The number of aryl methyl sites for hydroxylation is 1. The maximum absolute atomic E-state index is 11.0. The quantitative estimate of drug-likeness (QED) is 0.682. The fourth-order valence-electron chi connectivity index (χ4n) is 2.97. The molecule has 0 aliphatic heterocycles. The van der Waals surface area contributed by atoms with Crippen LogP contribution in [-0.4, -0.2) is 21.0 Å². The molecule has 1 heterocycles. The molecule has 0 radical (unpaired) electrons. The standard InChI is InChI=1S/C21H22N2O3/c1-15-7-6-8-17(11-15)12-23(16(2)18-9-4-3-5-10-18)13-20-22-19(14-26-20)21(24)25/h3-11,14,16H,12-13H2,1-2H3,(H,24,25). The molecule has 3 rings (SSSR count). The van der Waals surface area contributed by atoms with Crippen LogP contribution in [0.15, 0.2) is 65.3 Å². The molecule has 3 aromatic rings. The van der Waals surface area contributed by atoms with E-state index in [0.29, 0.717) is 19.0 Å². The van der Waals surface area contributed by atoms with Gasteiger partial charge in [0.05, 0.1) is 6.54 Å². The highest BCUT2D eigenvalue weighted by Gasteiger charge is 2.20. The fraction of sp³-hybridized carbons (Fsp3) is 0.238. The molecule has 0 fully saturated rings. The summed E-state index contributed by atoms with van der Waals surface area (Å²) in [6, 6.07) is 18.7. The number of aromatic carboxylic acids is 1. The largest absolute Gasteiger partial charge is 0.476 e. The lowest BCUT2D eigenvalue weighted by molar-refractivity contribution is 0.0690. The van der Waals surface area contributed by atoms with Crippen LogP contribution in [0.3, 0.4) is 0 Å². The molecule has 1 N–H and O–H groups in total. The Bertz CT molecular complexity index is 874. The summed E-state index contributed by atoms with van der Waals surface area (Å²) in [5, 5.41) is 9.05. The Morgan fingerprint density at radius 3 is 2.58 bits per heavy atom. The van der Waals surface area contributed by atoms with E-state index in [0.717, 1.165) is 0 Å². The molecule has 0 amide bonds. The topological polar surface area (TPSA) is 66.6 Å². The number of hydrogen-bond donors (Lipinski definition) is 1. The molecular weight excluding hydrogens is 328 g/mol. The Morgan fingerprint density at radius 2 is 1.92 bits per heavy atom. The summed E-state index contributed by atoms with van der Waals surface area (Å²) in [5.41, 5.74) is 3.52. The van der Waals surface area contributed by atoms with Crippen LogP contribution in [0, 0.1) is 6.92 Å². The van der Waals surface area contributed by atoms with Gasteiger partial charge >= 0.3 is 5.97 Å². The van der Waals surface area contributed by atoms with Crippen molar-refractivity contribution in [1.29, 1.82) is 0 Å². The van der Waals surface area contributed by atoms with Crippen LogP contribution in [0.4, 0.5) is 0 Å². The molecular formula is C21H22N2O3. The minimum Gasteiger partial charge on any atom is -0.476 e. The van der Waals surface area contributed by atoms with E-state index >= 15 is 0 Å².